The van der Waals surface area contributed by atoms with Crippen LogP contribution in [0, 0.1) is 11.6 Å². The van der Waals surface area contributed by atoms with Crippen molar-refractivity contribution in [1.82, 2.24) is 15.0 Å². The molecule has 0 unspecified atom stereocenters. The Morgan fingerprint density at radius 1 is 1.12 bits per heavy atom. The van der Waals surface area contributed by atoms with E-state index in [1.807, 2.05) is 0 Å². The lowest BCUT2D eigenvalue weighted by atomic mass is 10.2. The molecule has 1 heterocycles. The molecular weight excluding hydrogens is 332 g/mol. The highest BCUT2D eigenvalue weighted by Gasteiger charge is 2.23. The van der Waals surface area contributed by atoms with Crippen molar-refractivity contribution in [2.45, 2.75) is 6.54 Å². The first-order valence-corrected chi connectivity index (χ1v) is 6.33. The van der Waals surface area contributed by atoms with Crippen molar-refractivity contribution in [3.63, 3.8) is 0 Å². The van der Waals surface area contributed by atoms with E-state index in [1.54, 1.807) is 0 Å². The van der Waals surface area contributed by atoms with E-state index in [1.165, 1.54) is 6.07 Å². The Bertz CT molecular complexity index is 764. The van der Waals surface area contributed by atoms with Gasteiger partial charge >= 0.3 is 18.2 Å². The summed E-state index contributed by atoms with van der Waals surface area (Å²) < 4.78 is 45.7. The first-order valence-electron chi connectivity index (χ1n) is 6.33. The number of carbonyl (C=O) groups excluding carboxylic acids is 2. The lowest BCUT2D eigenvalue weighted by Crippen LogP contribution is -2.15. The van der Waals surface area contributed by atoms with Crippen molar-refractivity contribution < 1.29 is 37.3 Å². The van der Waals surface area contributed by atoms with Crippen molar-refractivity contribution in [2.24, 2.45) is 0 Å². The number of rotatable bonds is 4. The van der Waals surface area contributed by atoms with Gasteiger partial charge in [0.15, 0.2) is 0 Å². The molecule has 9 nitrogen and oxygen atoms in total. The van der Waals surface area contributed by atoms with Crippen LogP contribution in [0.1, 0.15) is 5.56 Å². The van der Waals surface area contributed by atoms with Gasteiger partial charge in [-0.05, 0) is 6.07 Å². The van der Waals surface area contributed by atoms with Crippen LogP contribution in [0.15, 0.2) is 18.2 Å². The molecule has 1 aromatic carbocycles. The number of methoxy groups -OCH3 is 2. The summed E-state index contributed by atoms with van der Waals surface area (Å²) in [5.41, 5.74) is 0.0284. The molecule has 0 aliphatic rings. The summed E-state index contributed by atoms with van der Waals surface area (Å²) in [7, 11) is 2.11. The number of nitrogens with zero attached hydrogens (tertiary/aromatic N) is 3. The Hall–Kier alpha value is -3.24. The zero-order valence-corrected chi connectivity index (χ0v) is 12.5. The monoisotopic (exact) mass is 343 g/mol. The van der Waals surface area contributed by atoms with Gasteiger partial charge in [0.1, 0.15) is 11.6 Å². The Morgan fingerprint density at radius 3 is 2.42 bits per heavy atom. The van der Waals surface area contributed by atoms with Crippen molar-refractivity contribution in [3.05, 3.63) is 35.4 Å². The van der Waals surface area contributed by atoms with Gasteiger partial charge in [0.05, 0.1) is 20.8 Å². The van der Waals surface area contributed by atoms with Gasteiger partial charge < -0.3 is 18.9 Å². The Balaban J connectivity index is 2.33. The average molecular weight is 343 g/mol. The lowest BCUT2D eigenvalue weighted by molar-refractivity contribution is 0.107. The number of hydrogen-bond donors (Lipinski definition) is 0. The van der Waals surface area contributed by atoms with E-state index in [0.717, 1.165) is 25.0 Å². The summed E-state index contributed by atoms with van der Waals surface area (Å²) in [6.07, 6.45) is -2.28. The molecule has 0 spiro atoms. The van der Waals surface area contributed by atoms with Crippen molar-refractivity contribution in [1.29, 1.82) is 0 Å². The SMILES string of the molecule is COC(=O)Oc1nnn(Cc2ccc(F)cc2F)c1OC(=O)OC. The third-order valence-corrected chi connectivity index (χ3v) is 2.69. The minimum absolute atomic E-state index is 0.0284. The minimum Gasteiger partial charge on any atom is -0.437 e. The van der Waals surface area contributed by atoms with Gasteiger partial charge in [0.2, 0.25) is 0 Å². The topological polar surface area (TPSA) is 102 Å². The maximum atomic E-state index is 13.7. The van der Waals surface area contributed by atoms with Gasteiger partial charge in [0.25, 0.3) is 5.88 Å². The third-order valence-electron chi connectivity index (χ3n) is 2.69. The molecule has 11 heteroatoms. The maximum Gasteiger partial charge on any atom is 0.515 e. The van der Waals surface area contributed by atoms with Crippen LogP contribution < -0.4 is 9.47 Å². The number of aromatic nitrogens is 3. The highest BCUT2D eigenvalue weighted by molar-refractivity contribution is 5.66. The molecule has 2 aromatic rings. The third kappa shape index (κ3) is 3.94. The molecule has 0 saturated heterocycles. The molecule has 0 fully saturated rings. The molecular formula is C13H11F2N3O6. The van der Waals surface area contributed by atoms with Gasteiger partial charge in [-0.3, -0.25) is 0 Å². The average Bonchev–Trinajstić information content (AvgIpc) is 2.91. The fourth-order valence-electron chi connectivity index (χ4n) is 1.60. The van der Waals surface area contributed by atoms with Gasteiger partial charge in [-0.25, -0.2) is 23.1 Å². The molecule has 128 valence electrons. The summed E-state index contributed by atoms with van der Waals surface area (Å²) in [6, 6.07) is 2.90. The molecule has 0 N–H and O–H groups in total. The second-order valence-corrected chi connectivity index (χ2v) is 4.21. The zero-order valence-electron chi connectivity index (χ0n) is 12.5. The van der Waals surface area contributed by atoms with Crippen LogP contribution in [-0.4, -0.2) is 41.5 Å². The zero-order chi connectivity index (χ0) is 17.7. The molecule has 0 amide bonds. The molecule has 0 aliphatic heterocycles. The Morgan fingerprint density at radius 2 is 1.79 bits per heavy atom. The van der Waals surface area contributed by atoms with Crippen molar-refractivity contribution >= 4 is 12.3 Å². The second kappa shape index (κ2) is 7.35. The number of halogens is 2. The molecule has 0 radical (unpaired) electrons. The van der Waals surface area contributed by atoms with Gasteiger partial charge in [-0.15, -0.1) is 0 Å². The maximum absolute atomic E-state index is 13.7. The quantitative estimate of drug-likeness (QED) is 0.776. The predicted octanol–water partition coefficient (Wildman–Crippen LogP) is 1.90. The predicted molar refractivity (Wildman–Crippen MR) is 71.5 cm³/mol. The van der Waals surface area contributed by atoms with Gasteiger partial charge in [-0.2, -0.15) is 0 Å². The van der Waals surface area contributed by atoms with E-state index in [4.69, 9.17) is 4.74 Å². The van der Waals surface area contributed by atoms with Crippen LogP contribution in [0.4, 0.5) is 18.4 Å². The highest BCUT2D eigenvalue weighted by atomic mass is 19.1. The van der Waals surface area contributed by atoms with Crippen molar-refractivity contribution in [3.8, 4) is 11.8 Å². The summed E-state index contributed by atoms with van der Waals surface area (Å²) in [6.45, 7) is -0.282. The molecule has 0 atom stereocenters. The molecule has 0 bridgehead atoms. The molecule has 0 aliphatic carbocycles. The standard InChI is InChI=1S/C13H11F2N3O6/c1-21-12(19)23-10-11(24-13(20)22-2)18(17-16-10)6-7-3-4-8(14)5-9(7)15/h3-5H,6H2,1-2H3. The first-order chi connectivity index (χ1) is 11.4. The fraction of sp³-hybridized carbons (Fsp3) is 0.231. The van der Waals surface area contributed by atoms with Crippen LogP contribution in [-0.2, 0) is 16.0 Å². The summed E-state index contributed by atoms with van der Waals surface area (Å²) in [5.74, 6) is -2.51. The summed E-state index contributed by atoms with van der Waals surface area (Å²) >= 11 is 0. The molecule has 2 rings (SSSR count). The summed E-state index contributed by atoms with van der Waals surface area (Å²) in [5, 5.41) is 7.09. The van der Waals surface area contributed by atoms with Crippen molar-refractivity contribution in [2.75, 3.05) is 14.2 Å². The Kier molecular flexibility index (Phi) is 5.24. The van der Waals surface area contributed by atoms with E-state index in [9.17, 15) is 18.4 Å². The van der Waals surface area contributed by atoms with Gasteiger partial charge in [-0.1, -0.05) is 16.4 Å². The lowest BCUT2D eigenvalue weighted by Gasteiger charge is -2.08. The first kappa shape index (κ1) is 17.1. The number of ether oxygens (including phenoxy) is 4. The Labute approximate surface area is 133 Å². The van der Waals surface area contributed by atoms with E-state index in [-0.39, 0.29) is 12.1 Å². The number of benzene rings is 1. The minimum atomic E-state index is -1.15. The largest absolute Gasteiger partial charge is 0.515 e. The fourth-order valence-corrected chi connectivity index (χ4v) is 1.60. The number of hydrogen-bond acceptors (Lipinski definition) is 8. The van der Waals surface area contributed by atoms with Gasteiger partial charge in [0, 0.05) is 11.6 Å². The van der Waals surface area contributed by atoms with Crippen LogP contribution in [0.25, 0.3) is 0 Å². The van der Waals surface area contributed by atoms with Crippen LogP contribution in [0.5, 0.6) is 11.8 Å². The van der Waals surface area contributed by atoms with E-state index in [0.29, 0.717) is 6.07 Å². The smallest absolute Gasteiger partial charge is 0.437 e. The highest BCUT2D eigenvalue weighted by Crippen LogP contribution is 2.26. The van der Waals surface area contributed by atoms with E-state index < -0.39 is 35.7 Å². The number of carbonyl (C=O) groups is 2. The van der Waals surface area contributed by atoms with E-state index >= 15 is 0 Å². The molecule has 0 saturated carbocycles. The molecule has 1 aromatic heterocycles. The second-order valence-electron chi connectivity index (χ2n) is 4.21. The van der Waals surface area contributed by atoms with Crippen LogP contribution in [0.2, 0.25) is 0 Å². The summed E-state index contributed by atoms with van der Waals surface area (Å²) in [4.78, 5) is 22.4. The normalized spacial score (nSPS) is 10.2. The van der Waals surface area contributed by atoms with E-state index in [2.05, 4.69) is 24.5 Å². The van der Waals surface area contributed by atoms with Crippen LogP contribution >= 0.6 is 0 Å². The van der Waals surface area contributed by atoms with Crippen LogP contribution in [0.3, 0.4) is 0 Å². The molecule has 24 heavy (non-hydrogen) atoms.